The Morgan fingerprint density at radius 1 is 0.921 bits per heavy atom. The largest absolute Gasteiger partial charge is 0.459 e. The zero-order valence-electron chi connectivity index (χ0n) is 20.1. The fourth-order valence-electron chi connectivity index (χ4n) is 3.69. The summed E-state index contributed by atoms with van der Waals surface area (Å²) >= 11 is 0. The van der Waals surface area contributed by atoms with E-state index in [0.717, 1.165) is 16.0 Å². The van der Waals surface area contributed by atoms with E-state index in [-0.39, 0.29) is 30.9 Å². The van der Waals surface area contributed by atoms with Crippen LogP contribution in [0.2, 0.25) is 0 Å². The van der Waals surface area contributed by atoms with Crippen LogP contribution in [0.4, 0.5) is 16.2 Å². The quantitative estimate of drug-likeness (QED) is 0.186. The molecule has 0 aromatic heterocycles. The number of hydrazine groups is 1. The molecule has 194 valence electrons. The fraction of sp³-hybridized carbons (Fsp3) is 0.148. The number of amides is 2. The number of carbonyl (C=O) groups excluding carboxylic acids is 3. The number of ether oxygens (including phenoxy) is 2. The van der Waals surface area contributed by atoms with Crippen LogP contribution in [-0.2, 0) is 32.3 Å². The van der Waals surface area contributed by atoms with E-state index in [1.165, 1.54) is 30.5 Å². The summed E-state index contributed by atoms with van der Waals surface area (Å²) in [5, 5.41) is 10.8. The first-order valence-electron chi connectivity index (χ1n) is 11.6. The summed E-state index contributed by atoms with van der Waals surface area (Å²) in [6, 6.07) is 22.4. The molecular weight excluding hydrogens is 492 g/mol. The summed E-state index contributed by atoms with van der Waals surface area (Å²) in [7, 11) is 0. The van der Waals surface area contributed by atoms with Crippen molar-refractivity contribution in [1.82, 2.24) is 10.3 Å². The first kappa shape index (κ1) is 25.9. The minimum atomic E-state index is -1.21. The smallest absolute Gasteiger partial charge is 0.417 e. The molecule has 38 heavy (non-hydrogen) atoms. The molecule has 3 aromatic carbocycles. The van der Waals surface area contributed by atoms with E-state index in [1.807, 2.05) is 12.1 Å². The molecule has 0 unspecified atom stereocenters. The topological polar surface area (TPSA) is 140 Å². The summed E-state index contributed by atoms with van der Waals surface area (Å²) in [4.78, 5) is 50.0. The molecule has 2 amide bonds. The number of nitrogens with zero attached hydrogens (tertiary/aromatic N) is 2. The lowest BCUT2D eigenvalue weighted by molar-refractivity contribution is -0.384. The highest BCUT2D eigenvalue weighted by Crippen LogP contribution is 2.26. The molecule has 2 N–H and O–H groups in total. The maximum absolute atomic E-state index is 13.1. The summed E-state index contributed by atoms with van der Waals surface area (Å²) in [5.74, 6) is -1.45. The van der Waals surface area contributed by atoms with Crippen LogP contribution in [0.3, 0.4) is 0 Å². The van der Waals surface area contributed by atoms with Gasteiger partial charge in [0, 0.05) is 30.3 Å². The molecular formula is C27H24N4O7. The number of imide groups is 1. The van der Waals surface area contributed by atoms with Gasteiger partial charge in [-0.1, -0.05) is 60.7 Å². The van der Waals surface area contributed by atoms with Crippen LogP contribution in [0.25, 0.3) is 0 Å². The third-order valence-corrected chi connectivity index (χ3v) is 5.66. The Bertz CT molecular complexity index is 1330. The molecule has 1 aliphatic rings. The average molecular weight is 517 g/mol. The highest BCUT2D eigenvalue weighted by atomic mass is 16.6. The fourth-order valence-corrected chi connectivity index (χ4v) is 3.69. The number of nitro groups is 1. The number of esters is 1. The lowest BCUT2D eigenvalue weighted by Crippen LogP contribution is -2.44. The van der Waals surface area contributed by atoms with Gasteiger partial charge in [-0.2, -0.15) is 0 Å². The van der Waals surface area contributed by atoms with Crippen LogP contribution < -0.4 is 10.9 Å². The van der Waals surface area contributed by atoms with Gasteiger partial charge >= 0.3 is 12.1 Å². The predicted molar refractivity (Wildman–Crippen MR) is 136 cm³/mol. The number of rotatable bonds is 9. The van der Waals surface area contributed by atoms with Crippen molar-refractivity contribution in [3.8, 4) is 0 Å². The summed E-state index contributed by atoms with van der Waals surface area (Å²) in [5.41, 5.74) is 7.56. The van der Waals surface area contributed by atoms with E-state index in [4.69, 9.17) is 9.47 Å². The highest BCUT2D eigenvalue weighted by Gasteiger charge is 2.45. The molecule has 11 nitrogen and oxygen atoms in total. The van der Waals surface area contributed by atoms with Crippen LogP contribution >= 0.6 is 0 Å². The normalized spacial score (nSPS) is 15.7. The van der Waals surface area contributed by atoms with E-state index >= 15 is 0 Å². The van der Waals surface area contributed by atoms with Gasteiger partial charge in [-0.15, -0.1) is 0 Å². The second-order valence-corrected chi connectivity index (χ2v) is 8.27. The number of non-ortho nitro benzene ring substituents is 1. The molecule has 0 bridgehead atoms. The summed E-state index contributed by atoms with van der Waals surface area (Å²) in [6.45, 7) is -0.0928. The number of benzene rings is 3. The number of nitrogens with one attached hydrogen (secondary N) is 2. The Labute approximate surface area is 217 Å². The van der Waals surface area contributed by atoms with Crippen LogP contribution in [-0.4, -0.2) is 33.8 Å². The van der Waals surface area contributed by atoms with Gasteiger partial charge in [0.1, 0.15) is 19.3 Å². The lowest BCUT2D eigenvalue weighted by Gasteiger charge is -2.20. The molecule has 0 radical (unpaired) electrons. The van der Waals surface area contributed by atoms with Gasteiger partial charge in [-0.05, 0) is 23.3 Å². The van der Waals surface area contributed by atoms with Gasteiger partial charge in [-0.3, -0.25) is 14.9 Å². The van der Waals surface area contributed by atoms with E-state index in [9.17, 15) is 24.5 Å². The number of carbonyl (C=O) groups is 3. The molecule has 11 heteroatoms. The van der Waals surface area contributed by atoms with E-state index in [2.05, 4.69) is 10.9 Å². The van der Waals surface area contributed by atoms with Crippen LogP contribution in [0.5, 0.6) is 0 Å². The SMILES string of the molecule is O=C(OCc1ccccc1)[C@@H]1C/C(=C/NNc2ccc([N+](=O)[O-])cc2)C(=O)N1C(=O)OCc1ccccc1. The maximum atomic E-state index is 13.1. The number of hydrogen-bond acceptors (Lipinski definition) is 9. The first-order valence-corrected chi connectivity index (χ1v) is 11.6. The number of likely N-dealkylation sites (tertiary alicyclic amines) is 1. The van der Waals surface area contributed by atoms with Gasteiger partial charge in [0.05, 0.1) is 10.6 Å². The summed E-state index contributed by atoms with van der Waals surface area (Å²) < 4.78 is 10.7. The Kier molecular flexibility index (Phi) is 8.29. The van der Waals surface area contributed by atoms with E-state index in [0.29, 0.717) is 5.69 Å². The van der Waals surface area contributed by atoms with Crippen LogP contribution in [0.1, 0.15) is 17.5 Å². The minimum Gasteiger partial charge on any atom is -0.459 e. The number of anilines is 1. The molecule has 1 fully saturated rings. The van der Waals surface area contributed by atoms with Gasteiger partial charge in [0.2, 0.25) is 0 Å². The predicted octanol–water partition coefficient (Wildman–Crippen LogP) is 4.08. The van der Waals surface area contributed by atoms with Crippen molar-refractivity contribution in [3.05, 3.63) is 118 Å². The van der Waals surface area contributed by atoms with Gasteiger partial charge in [0.15, 0.2) is 0 Å². The Hall–Kier alpha value is -5.19. The second kappa shape index (κ2) is 12.2. The Balaban J connectivity index is 1.45. The highest BCUT2D eigenvalue weighted by molar-refractivity contribution is 6.08. The molecule has 1 aliphatic heterocycles. The van der Waals surface area contributed by atoms with Crippen LogP contribution in [0.15, 0.2) is 96.7 Å². The van der Waals surface area contributed by atoms with Crippen molar-refractivity contribution in [3.63, 3.8) is 0 Å². The van der Waals surface area contributed by atoms with E-state index in [1.54, 1.807) is 48.5 Å². The molecule has 1 atom stereocenters. The zero-order chi connectivity index (χ0) is 26.9. The molecule has 3 aromatic rings. The average Bonchev–Trinajstić information content (AvgIpc) is 3.27. The maximum Gasteiger partial charge on any atom is 0.417 e. The molecule has 1 heterocycles. The third kappa shape index (κ3) is 6.52. The standard InChI is InChI=1S/C27H24N4O7/c32-25-21(16-28-29-22-11-13-23(14-12-22)31(35)36)15-24(26(33)37-17-19-7-3-1-4-8-19)30(25)27(34)38-18-20-9-5-2-6-10-20/h1-14,16,24,28-29H,15,17-18H2/b21-16-/t24-/m0/s1. The van der Waals surface area contributed by atoms with Crippen molar-refractivity contribution < 1.29 is 28.8 Å². The molecule has 0 aliphatic carbocycles. The minimum absolute atomic E-state index is 0.0176. The van der Waals surface area contributed by atoms with Gasteiger partial charge < -0.3 is 20.3 Å². The molecule has 0 saturated carbocycles. The van der Waals surface area contributed by atoms with Crippen LogP contribution in [0, 0.1) is 10.1 Å². The van der Waals surface area contributed by atoms with Crippen molar-refractivity contribution in [2.45, 2.75) is 25.7 Å². The summed E-state index contributed by atoms with van der Waals surface area (Å²) in [6.07, 6.45) is 0.264. The molecule has 0 spiro atoms. The van der Waals surface area contributed by atoms with Gasteiger partial charge in [0.25, 0.3) is 11.6 Å². The Morgan fingerprint density at radius 2 is 1.50 bits per heavy atom. The lowest BCUT2D eigenvalue weighted by atomic mass is 10.1. The first-order chi connectivity index (χ1) is 18.4. The second-order valence-electron chi connectivity index (χ2n) is 8.27. The number of hydrogen-bond donors (Lipinski definition) is 2. The van der Waals surface area contributed by atoms with E-state index < -0.39 is 28.9 Å². The van der Waals surface area contributed by atoms with Crippen molar-refractivity contribution >= 4 is 29.3 Å². The van der Waals surface area contributed by atoms with Crippen molar-refractivity contribution in [2.24, 2.45) is 0 Å². The van der Waals surface area contributed by atoms with Crippen molar-refractivity contribution in [1.29, 1.82) is 0 Å². The zero-order valence-corrected chi connectivity index (χ0v) is 20.1. The number of nitro benzene ring substituents is 1. The molecule has 1 saturated heterocycles. The van der Waals surface area contributed by atoms with Gasteiger partial charge in [-0.25, -0.2) is 14.5 Å². The van der Waals surface area contributed by atoms with Crippen molar-refractivity contribution in [2.75, 3.05) is 5.43 Å². The Morgan fingerprint density at radius 3 is 2.08 bits per heavy atom. The third-order valence-electron chi connectivity index (χ3n) is 5.66. The monoisotopic (exact) mass is 516 g/mol. The molecule has 4 rings (SSSR count).